The number of hydrogen-bond acceptors (Lipinski definition) is 5. The average molecular weight is 366 g/mol. The molecule has 0 N–H and O–H groups in total. The van der Waals surface area contributed by atoms with E-state index in [1.807, 2.05) is 24.3 Å². The summed E-state index contributed by atoms with van der Waals surface area (Å²) in [6, 6.07) is 7.92. The lowest BCUT2D eigenvalue weighted by molar-refractivity contribution is -0.157. The van der Waals surface area contributed by atoms with Crippen molar-refractivity contribution in [1.82, 2.24) is 19.8 Å². The molecule has 0 saturated carbocycles. The molecule has 0 bridgehead atoms. The van der Waals surface area contributed by atoms with Crippen molar-refractivity contribution in [2.75, 3.05) is 27.2 Å². The van der Waals surface area contributed by atoms with E-state index in [0.717, 1.165) is 11.1 Å². The van der Waals surface area contributed by atoms with Crippen molar-refractivity contribution < 1.29 is 14.3 Å². The van der Waals surface area contributed by atoms with E-state index in [2.05, 4.69) is 9.97 Å². The number of piperidine rings is 1. The van der Waals surface area contributed by atoms with Gasteiger partial charge in [-0.05, 0) is 24.0 Å². The van der Waals surface area contributed by atoms with E-state index < -0.39 is 11.7 Å². The Kier molecular flexibility index (Phi) is 4.39. The molecule has 1 fully saturated rings. The standard InChI is InChI=1S/C20H22N4O3/c1-23(2)19(26)17-14-5-3-4-6-15(14)20(27-17)7-11-24(12-8-20)18(25)16-13-21-9-10-22-16/h3-6,9-10,13,17H,7-8,11-12H2,1-2H3/t17-/m1/s1. The summed E-state index contributed by atoms with van der Waals surface area (Å²) in [5.41, 5.74) is 1.83. The van der Waals surface area contributed by atoms with Crippen molar-refractivity contribution >= 4 is 11.8 Å². The highest BCUT2D eigenvalue weighted by Crippen LogP contribution is 2.49. The van der Waals surface area contributed by atoms with Crippen LogP contribution in [0.15, 0.2) is 42.9 Å². The fourth-order valence-corrected chi connectivity index (χ4v) is 3.94. The molecule has 1 spiro atoms. The van der Waals surface area contributed by atoms with Crippen molar-refractivity contribution in [3.05, 3.63) is 59.7 Å². The van der Waals surface area contributed by atoms with Crippen LogP contribution in [0.5, 0.6) is 0 Å². The fraction of sp³-hybridized carbons (Fsp3) is 0.400. The van der Waals surface area contributed by atoms with Crippen molar-refractivity contribution in [2.24, 2.45) is 0 Å². The van der Waals surface area contributed by atoms with Crippen LogP contribution in [0.2, 0.25) is 0 Å². The third-order valence-corrected chi connectivity index (χ3v) is 5.38. The molecular formula is C20H22N4O3. The monoisotopic (exact) mass is 366 g/mol. The van der Waals surface area contributed by atoms with Crippen LogP contribution in [0.4, 0.5) is 0 Å². The minimum Gasteiger partial charge on any atom is -0.352 e. The topological polar surface area (TPSA) is 75.6 Å². The fourth-order valence-electron chi connectivity index (χ4n) is 3.94. The molecule has 2 aliphatic rings. The van der Waals surface area contributed by atoms with Gasteiger partial charge in [-0.2, -0.15) is 0 Å². The van der Waals surface area contributed by atoms with Gasteiger partial charge in [0, 0.05) is 39.6 Å². The Hall–Kier alpha value is -2.80. The number of ether oxygens (including phenoxy) is 1. The second kappa shape index (κ2) is 6.74. The van der Waals surface area contributed by atoms with Crippen molar-refractivity contribution in [3.8, 4) is 0 Å². The highest BCUT2D eigenvalue weighted by atomic mass is 16.5. The largest absolute Gasteiger partial charge is 0.352 e. The van der Waals surface area contributed by atoms with Gasteiger partial charge in [0.1, 0.15) is 5.69 Å². The van der Waals surface area contributed by atoms with E-state index in [-0.39, 0.29) is 11.8 Å². The molecule has 3 heterocycles. The predicted molar refractivity (Wildman–Crippen MR) is 97.8 cm³/mol. The zero-order valence-electron chi connectivity index (χ0n) is 15.5. The van der Waals surface area contributed by atoms with Crippen LogP contribution in [0.1, 0.15) is 40.6 Å². The molecule has 1 atom stereocenters. The molecule has 1 aromatic heterocycles. The molecule has 1 saturated heterocycles. The number of nitrogens with zero attached hydrogens (tertiary/aromatic N) is 4. The maximum atomic E-state index is 12.6. The molecule has 7 heteroatoms. The predicted octanol–water partition coefficient (Wildman–Crippen LogP) is 1.77. The summed E-state index contributed by atoms with van der Waals surface area (Å²) in [5.74, 6) is -0.178. The molecule has 2 aliphatic heterocycles. The van der Waals surface area contributed by atoms with Crippen LogP contribution in [-0.2, 0) is 15.1 Å². The molecule has 0 radical (unpaired) electrons. The molecule has 7 nitrogen and oxygen atoms in total. The first-order chi connectivity index (χ1) is 13.0. The first-order valence-corrected chi connectivity index (χ1v) is 9.05. The molecule has 1 aromatic carbocycles. The minimum atomic E-state index is -0.585. The van der Waals surface area contributed by atoms with Gasteiger partial charge in [0.15, 0.2) is 6.10 Å². The van der Waals surface area contributed by atoms with Gasteiger partial charge in [0.05, 0.1) is 11.8 Å². The van der Waals surface area contributed by atoms with Gasteiger partial charge in [-0.1, -0.05) is 24.3 Å². The second-order valence-corrected chi connectivity index (χ2v) is 7.19. The quantitative estimate of drug-likeness (QED) is 0.810. The first kappa shape index (κ1) is 17.6. The summed E-state index contributed by atoms with van der Waals surface area (Å²) in [7, 11) is 3.48. The van der Waals surface area contributed by atoms with Gasteiger partial charge in [0.25, 0.3) is 11.8 Å². The lowest BCUT2D eigenvalue weighted by Crippen LogP contribution is -2.45. The molecule has 2 amide bonds. The zero-order valence-corrected chi connectivity index (χ0v) is 15.5. The van der Waals surface area contributed by atoms with E-state index in [1.54, 1.807) is 30.1 Å². The Morgan fingerprint density at radius 2 is 1.93 bits per heavy atom. The summed E-state index contributed by atoms with van der Waals surface area (Å²) in [4.78, 5) is 36.7. The summed E-state index contributed by atoms with van der Waals surface area (Å²) in [5, 5.41) is 0. The Balaban J connectivity index is 1.56. The lowest BCUT2D eigenvalue weighted by Gasteiger charge is -2.39. The second-order valence-electron chi connectivity index (χ2n) is 7.19. The van der Waals surface area contributed by atoms with Crippen LogP contribution >= 0.6 is 0 Å². The van der Waals surface area contributed by atoms with Crippen molar-refractivity contribution in [2.45, 2.75) is 24.5 Å². The summed E-state index contributed by atoms with van der Waals surface area (Å²) in [6.07, 6.45) is 5.26. The Morgan fingerprint density at radius 3 is 2.59 bits per heavy atom. The number of rotatable bonds is 2. The highest BCUT2D eigenvalue weighted by Gasteiger charge is 2.49. The summed E-state index contributed by atoms with van der Waals surface area (Å²) < 4.78 is 6.36. The molecule has 0 aliphatic carbocycles. The van der Waals surface area contributed by atoms with Crippen LogP contribution in [0.3, 0.4) is 0 Å². The van der Waals surface area contributed by atoms with Gasteiger partial charge >= 0.3 is 0 Å². The van der Waals surface area contributed by atoms with Crippen molar-refractivity contribution in [1.29, 1.82) is 0 Å². The summed E-state index contributed by atoms with van der Waals surface area (Å²) in [6.45, 7) is 1.10. The smallest absolute Gasteiger partial charge is 0.274 e. The zero-order chi connectivity index (χ0) is 19.0. The average Bonchev–Trinajstić information content (AvgIpc) is 3.02. The van der Waals surface area contributed by atoms with Gasteiger partial charge in [-0.25, -0.2) is 4.98 Å². The van der Waals surface area contributed by atoms with E-state index in [9.17, 15) is 9.59 Å². The van der Waals surface area contributed by atoms with Gasteiger partial charge < -0.3 is 14.5 Å². The number of amides is 2. The minimum absolute atomic E-state index is 0.0580. The third kappa shape index (κ3) is 2.98. The third-order valence-electron chi connectivity index (χ3n) is 5.38. The lowest BCUT2D eigenvalue weighted by atomic mass is 9.83. The molecule has 140 valence electrons. The molecule has 4 rings (SSSR count). The number of carbonyl (C=O) groups excluding carboxylic acids is 2. The van der Waals surface area contributed by atoms with Gasteiger partial charge in [-0.15, -0.1) is 0 Å². The van der Waals surface area contributed by atoms with Gasteiger partial charge in [-0.3, -0.25) is 14.6 Å². The molecule has 27 heavy (non-hydrogen) atoms. The number of likely N-dealkylation sites (N-methyl/N-ethyl adjacent to an activating group) is 1. The molecule has 0 unspecified atom stereocenters. The Labute approximate surface area is 158 Å². The number of hydrogen-bond donors (Lipinski definition) is 0. The maximum Gasteiger partial charge on any atom is 0.274 e. The Morgan fingerprint density at radius 1 is 1.19 bits per heavy atom. The number of benzene rings is 1. The normalized spacial score (nSPS) is 20.4. The highest BCUT2D eigenvalue weighted by molar-refractivity contribution is 5.92. The summed E-state index contributed by atoms with van der Waals surface area (Å²) >= 11 is 0. The number of carbonyl (C=O) groups is 2. The Bertz CT molecular complexity index is 861. The van der Waals surface area contributed by atoms with Crippen molar-refractivity contribution in [3.63, 3.8) is 0 Å². The first-order valence-electron chi connectivity index (χ1n) is 9.05. The van der Waals surface area contributed by atoms with E-state index in [1.165, 1.54) is 12.4 Å². The number of likely N-dealkylation sites (tertiary alicyclic amines) is 1. The van der Waals surface area contributed by atoms with Crippen LogP contribution < -0.4 is 0 Å². The maximum absolute atomic E-state index is 12.6. The van der Waals surface area contributed by atoms with Crippen LogP contribution in [0, 0.1) is 0 Å². The number of aromatic nitrogens is 2. The van der Waals surface area contributed by atoms with E-state index in [0.29, 0.717) is 31.6 Å². The SMILES string of the molecule is CN(C)C(=O)[C@@H]1OC2(CCN(C(=O)c3cnccn3)CC2)c2ccccc21. The molecular weight excluding hydrogens is 344 g/mol. The van der Waals surface area contributed by atoms with Crippen LogP contribution in [-0.4, -0.2) is 58.8 Å². The van der Waals surface area contributed by atoms with Gasteiger partial charge in [0.2, 0.25) is 0 Å². The number of fused-ring (bicyclic) bond motifs is 2. The van der Waals surface area contributed by atoms with E-state index >= 15 is 0 Å². The van der Waals surface area contributed by atoms with E-state index in [4.69, 9.17) is 4.74 Å². The molecule has 2 aromatic rings. The van der Waals surface area contributed by atoms with Crippen LogP contribution in [0.25, 0.3) is 0 Å².